The second-order valence-corrected chi connectivity index (χ2v) is 6.70. The zero-order valence-corrected chi connectivity index (χ0v) is 16.9. The van der Waals surface area contributed by atoms with Gasteiger partial charge in [-0.1, -0.05) is 22.9 Å². The number of hydrogen-bond donors (Lipinski definition) is 1. The Morgan fingerprint density at radius 3 is 2.35 bits per heavy atom. The molecule has 0 saturated heterocycles. The molecule has 1 N–H and O–H groups in total. The predicted octanol–water partition coefficient (Wildman–Crippen LogP) is 4.47. The van der Waals surface area contributed by atoms with Crippen LogP contribution in [-0.4, -0.2) is 23.7 Å². The van der Waals surface area contributed by atoms with Crippen LogP contribution in [0.15, 0.2) is 78.0 Å². The minimum Gasteiger partial charge on any atom is -0.489 e. The molecule has 0 aliphatic heterocycles. The Hall–Kier alpha value is -4.20. The maximum atomic E-state index is 11.8. The summed E-state index contributed by atoms with van der Waals surface area (Å²) in [6.45, 7) is 2.08. The van der Waals surface area contributed by atoms with Gasteiger partial charge in [0.05, 0.1) is 11.1 Å². The molecule has 3 rings (SSSR count). The molecular formula is C23H21N3O5. The van der Waals surface area contributed by atoms with Gasteiger partial charge in [0, 0.05) is 17.8 Å². The van der Waals surface area contributed by atoms with E-state index >= 15 is 0 Å². The van der Waals surface area contributed by atoms with Crippen molar-refractivity contribution in [3.63, 3.8) is 0 Å². The molecule has 0 spiro atoms. The summed E-state index contributed by atoms with van der Waals surface area (Å²) in [6, 6.07) is 20.8. The van der Waals surface area contributed by atoms with Gasteiger partial charge in [0.25, 0.3) is 11.6 Å². The van der Waals surface area contributed by atoms with Crippen LogP contribution in [0.4, 0.5) is 11.4 Å². The van der Waals surface area contributed by atoms with Crippen LogP contribution in [0.1, 0.15) is 16.7 Å². The lowest BCUT2D eigenvalue weighted by Gasteiger charge is -2.06. The van der Waals surface area contributed by atoms with E-state index in [1.54, 1.807) is 36.4 Å². The number of nitro groups is 1. The minimum absolute atomic E-state index is 0.0437. The number of non-ortho nitro benzene ring substituents is 1. The molecule has 3 aromatic carbocycles. The molecule has 0 radical (unpaired) electrons. The summed E-state index contributed by atoms with van der Waals surface area (Å²) in [4.78, 5) is 27.1. The lowest BCUT2D eigenvalue weighted by atomic mass is 10.2. The summed E-state index contributed by atoms with van der Waals surface area (Å²) in [5, 5.41) is 17.2. The number of carbonyl (C=O) groups is 1. The zero-order valence-electron chi connectivity index (χ0n) is 16.9. The van der Waals surface area contributed by atoms with Crippen LogP contribution >= 0.6 is 0 Å². The molecule has 0 aromatic heterocycles. The van der Waals surface area contributed by atoms with Crippen LogP contribution < -0.4 is 10.1 Å². The van der Waals surface area contributed by atoms with E-state index < -0.39 is 4.92 Å². The summed E-state index contributed by atoms with van der Waals surface area (Å²) in [5.41, 5.74) is 3.46. The molecule has 31 heavy (non-hydrogen) atoms. The van der Waals surface area contributed by atoms with Gasteiger partial charge >= 0.3 is 0 Å². The number of nitrogens with zero attached hydrogens (tertiary/aromatic N) is 2. The molecule has 0 aliphatic carbocycles. The van der Waals surface area contributed by atoms with Crippen LogP contribution in [0.25, 0.3) is 0 Å². The lowest BCUT2D eigenvalue weighted by Crippen LogP contribution is -2.16. The Bertz CT molecular complexity index is 1050. The van der Waals surface area contributed by atoms with Gasteiger partial charge in [-0.05, 0) is 66.6 Å². The summed E-state index contributed by atoms with van der Waals surface area (Å²) >= 11 is 0. The van der Waals surface area contributed by atoms with Crippen LogP contribution in [0, 0.1) is 17.0 Å². The maximum Gasteiger partial charge on any atom is 0.269 e. The van der Waals surface area contributed by atoms with Crippen LogP contribution in [0.2, 0.25) is 0 Å². The Kier molecular flexibility index (Phi) is 7.31. The number of rotatable bonds is 9. The van der Waals surface area contributed by atoms with Crippen molar-refractivity contribution in [3.05, 3.63) is 99.6 Å². The molecule has 158 valence electrons. The quantitative estimate of drug-likeness (QED) is 0.313. The van der Waals surface area contributed by atoms with Crippen molar-refractivity contribution in [1.29, 1.82) is 0 Å². The van der Waals surface area contributed by atoms with Crippen LogP contribution in [-0.2, 0) is 16.2 Å². The van der Waals surface area contributed by atoms with E-state index in [-0.39, 0.29) is 18.2 Å². The Labute approximate surface area is 179 Å². The smallest absolute Gasteiger partial charge is 0.269 e. The molecule has 0 atom stereocenters. The van der Waals surface area contributed by atoms with Crippen LogP contribution in [0.5, 0.6) is 5.75 Å². The molecule has 0 fully saturated rings. The van der Waals surface area contributed by atoms with E-state index in [1.807, 2.05) is 31.2 Å². The molecule has 0 saturated carbocycles. The summed E-state index contributed by atoms with van der Waals surface area (Å²) in [7, 11) is 0. The molecule has 8 nitrogen and oxygen atoms in total. The van der Waals surface area contributed by atoms with Gasteiger partial charge in [0.15, 0.2) is 6.61 Å². The first-order chi connectivity index (χ1) is 15.0. The maximum absolute atomic E-state index is 11.8. The van der Waals surface area contributed by atoms with Crippen molar-refractivity contribution in [3.8, 4) is 5.75 Å². The number of aryl methyl sites for hydroxylation is 1. The number of oxime groups is 1. The summed E-state index contributed by atoms with van der Waals surface area (Å²) in [6.07, 6.45) is 1.50. The number of anilines is 1. The number of benzene rings is 3. The Morgan fingerprint density at radius 1 is 1.03 bits per heavy atom. The average molecular weight is 419 g/mol. The van der Waals surface area contributed by atoms with E-state index in [9.17, 15) is 14.9 Å². The monoisotopic (exact) mass is 419 g/mol. The fraction of sp³-hybridized carbons (Fsp3) is 0.130. The molecule has 0 unspecified atom stereocenters. The van der Waals surface area contributed by atoms with E-state index in [1.165, 1.54) is 18.3 Å². The van der Waals surface area contributed by atoms with Gasteiger partial charge in [-0.3, -0.25) is 14.9 Å². The Balaban J connectivity index is 1.41. The number of nitrogens with one attached hydrogen (secondary N) is 1. The molecule has 0 heterocycles. The number of carbonyl (C=O) groups excluding carboxylic acids is 1. The Morgan fingerprint density at radius 2 is 1.71 bits per heavy atom. The third kappa shape index (κ3) is 6.97. The van der Waals surface area contributed by atoms with Crippen molar-refractivity contribution < 1.29 is 19.3 Å². The van der Waals surface area contributed by atoms with E-state index in [2.05, 4.69) is 10.5 Å². The first-order valence-corrected chi connectivity index (χ1v) is 9.48. The predicted molar refractivity (Wildman–Crippen MR) is 117 cm³/mol. The second-order valence-electron chi connectivity index (χ2n) is 6.70. The van der Waals surface area contributed by atoms with Gasteiger partial charge in [-0.2, -0.15) is 0 Å². The first kappa shape index (κ1) is 21.5. The first-order valence-electron chi connectivity index (χ1n) is 9.48. The van der Waals surface area contributed by atoms with Crippen molar-refractivity contribution in [2.75, 3.05) is 11.9 Å². The SMILES string of the molecule is Cc1ccc(NC(=O)CO/N=C/c2ccc(OCc3ccc([N+](=O)[O-])cc3)cc2)cc1. The highest BCUT2D eigenvalue weighted by atomic mass is 16.6. The topological polar surface area (TPSA) is 103 Å². The third-order valence-electron chi connectivity index (χ3n) is 4.24. The normalized spacial score (nSPS) is 10.6. The second kappa shape index (κ2) is 10.5. The molecule has 0 aliphatic rings. The van der Waals surface area contributed by atoms with E-state index in [0.717, 1.165) is 16.7 Å². The summed E-state index contributed by atoms with van der Waals surface area (Å²) in [5.74, 6) is 0.352. The number of ether oxygens (including phenoxy) is 1. The van der Waals surface area contributed by atoms with E-state index in [4.69, 9.17) is 9.57 Å². The van der Waals surface area contributed by atoms with Crippen LogP contribution in [0.3, 0.4) is 0 Å². The highest BCUT2D eigenvalue weighted by Gasteiger charge is 2.05. The minimum atomic E-state index is -0.439. The fourth-order valence-electron chi connectivity index (χ4n) is 2.56. The highest BCUT2D eigenvalue weighted by Crippen LogP contribution is 2.16. The number of amides is 1. The average Bonchev–Trinajstić information content (AvgIpc) is 2.78. The lowest BCUT2D eigenvalue weighted by molar-refractivity contribution is -0.384. The largest absolute Gasteiger partial charge is 0.489 e. The number of nitro benzene ring substituents is 1. The van der Waals surface area contributed by atoms with E-state index in [0.29, 0.717) is 18.0 Å². The van der Waals surface area contributed by atoms with Gasteiger partial charge in [-0.25, -0.2) is 0 Å². The zero-order chi connectivity index (χ0) is 22.1. The molecule has 3 aromatic rings. The van der Waals surface area contributed by atoms with Gasteiger partial charge < -0.3 is 14.9 Å². The third-order valence-corrected chi connectivity index (χ3v) is 4.24. The highest BCUT2D eigenvalue weighted by molar-refractivity contribution is 5.91. The molecular weight excluding hydrogens is 398 g/mol. The van der Waals surface area contributed by atoms with Crippen molar-refractivity contribution in [2.45, 2.75) is 13.5 Å². The van der Waals surface area contributed by atoms with Crippen molar-refractivity contribution in [1.82, 2.24) is 0 Å². The van der Waals surface area contributed by atoms with Gasteiger partial charge in [0.2, 0.25) is 0 Å². The number of hydrogen-bond acceptors (Lipinski definition) is 6. The summed E-state index contributed by atoms with van der Waals surface area (Å²) < 4.78 is 5.67. The molecule has 8 heteroatoms. The standard InChI is InChI=1S/C23H21N3O5/c1-17-2-8-20(9-3-17)25-23(27)16-31-24-14-18-6-12-22(13-7-18)30-15-19-4-10-21(11-5-19)26(28)29/h2-14H,15-16H2,1H3,(H,25,27)/b24-14+. The van der Waals surface area contributed by atoms with Gasteiger partial charge in [0.1, 0.15) is 12.4 Å². The van der Waals surface area contributed by atoms with Gasteiger partial charge in [-0.15, -0.1) is 0 Å². The fourth-order valence-corrected chi connectivity index (χ4v) is 2.56. The molecule has 0 bridgehead atoms. The van der Waals surface area contributed by atoms with Crippen molar-refractivity contribution in [2.24, 2.45) is 5.16 Å². The van der Waals surface area contributed by atoms with Crippen molar-refractivity contribution >= 4 is 23.5 Å². The molecule has 1 amide bonds.